The fraction of sp³-hybridized carbons (Fsp3) is 0.800. The van der Waals surface area contributed by atoms with Crippen LogP contribution in [0.1, 0.15) is 113 Å². The lowest BCUT2D eigenvalue weighted by Gasteiger charge is -2.60. The smallest absolute Gasteiger partial charge is 0.139 e. The molecule has 0 aliphatic heterocycles. The molecule has 6 atom stereocenters. The summed E-state index contributed by atoms with van der Waals surface area (Å²) in [7, 11) is 0. The van der Waals surface area contributed by atoms with Crippen molar-refractivity contribution in [3.63, 3.8) is 0 Å². The Morgan fingerprint density at radius 3 is 2.31 bits per heavy atom. The monoisotopic (exact) mass is 438 g/mol. The highest BCUT2D eigenvalue weighted by molar-refractivity contribution is 5.86. The molecule has 2 saturated carbocycles. The zero-order valence-electron chi connectivity index (χ0n) is 22.0. The van der Waals surface area contributed by atoms with Crippen LogP contribution in [-0.4, -0.2) is 11.6 Å². The van der Waals surface area contributed by atoms with Crippen molar-refractivity contribution in [2.75, 3.05) is 0 Å². The van der Waals surface area contributed by atoms with E-state index in [2.05, 4.69) is 61.5 Å². The van der Waals surface area contributed by atoms with Gasteiger partial charge in [0.15, 0.2) is 0 Å². The van der Waals surface area contributed by atoms with Crippen molar-refractivity contribution in [1.29, 1.82) is 0 Å². The van der Waals surface area contributed by atoms with E-state index >= 15 is 0 Å². The SMILES string of the molecule is CC(C)=CCC(=O)[C@@H](C)[C@H]1CC[C@@]2(C)C3=C(CC[C@]12C)[C@@]1(C)CCC(=O)C(C)(C)[C@H]1CC3. The van der Waals surface area contributed by atoms with Crippen LogP contribution in [0.4, 0.5) is 0 Å². The van der Waals surface area contributed by atoms with Gasteiger partial charge in [0.05, 0.1) is 0 Å². The molecule has 0 radical (unpaired) electrons. The van der Waals surface area contributed by atoms with Crippen LogP contribution in [0.3, 0.4) is 0 Å². The second-order valence-electron chi connectivity index (χ2n) is 13.2. The summed E-state index contributed by atoms with van der Waals surface area (Å²) in [6.45, 7) is 18.3. The molecule has 4 aliphatic rings. The van der Waals surface area contributed by atoms with Gasteiger partial charge in [0, 0.05) is 24.2 Å². The van der Waals surface area contributed by atoms with Crippen LogP contribution < -0.4 is 0 Å². The third-order valence-electron chi connectivity index (χ3n) is 11.4. The van der Waals surface area contributed by atoms with E-state index in [0.717, 1.165) is 25.7 Å². The molecule has 0 amide bonds. The van der Waals surface area contributed by atoms with Crippen LogP contribution in [0, 0.1) is 39.4 Å². The molecule has 0 N–H and O–H groups in total. The highest BCUT2D eigenvalue weighted by Gasteiger charge is 2.63. The predicted octanol–water partition coefficient (Wildman–Crippen LogP) is 7.87. The van der Waals surface area contributed by atoms with E-state index in [9.17, 15) is 9.59 Å². The number of carbonyl (C=O) groups is 2. The van der Waals surface area contributed by atoms with E-state index in [-0.39, 0.29) is 27.6 Å². The molecule has 2 heteroatoms. The Hall–Kier alpha value is -1.18. The summed E-state index contributed by atoms with van der Waals surface area (Å²) in [4.78, 5) is 25.9. The topological polar surface area (TPSA) is 34.1 Å². The van der Waals surface area contributed by atoms with Gasteiger partial charge in [0.1, 0.15) is 11.6 Å². The lowest BCUT2D eigenvalue weighted by atomic mass is 9.43. The van der Waals surface area contributed by atoms with Crippen molar-refractivity contribution in [2.24, 2.45) is 39.4 Å². The first-order valence-electron chi connectivity index (χ1n) is 13.2. The van der Waals surface area contributed by atoms with Gasteiger partial charge in [0.25, 0.3) is 0 Å². The Balaban J connectivity index is 1.68. The molecule has 0 aromatic heterocycles. The Bertz CT molecular complexity index is 885. The van der Waals surface area contributed by atoms with E-state index in [1.165, 1.54) is 31.3 Å². The molecule has 2 fully saturated rings. The number of allylic oxidation sites excluding steroid dienone is 4. The maximum atomic E-state index is 13.1. The molecule has 178 valence electrons. The molecular formula is C30H46O2. The molecule has 0 aromatic rings. The van der Waals surface area contributed by atoms with Crippen molar-refractivity contribution in [2.45, 2.75) is 113 Å². The molecule has 32 heavy (non-hydrogen) atoms. The van der Waals surface area contributed by atoms with Gasteiger partial charge in [0.2, 0.25) is 0 Å². The lowest BCUT2D eigenvalue weighted by molar-refractivity contribution is -0.139. The van der Waals surface area contributed by atoms with Crippen LogP contribution in [0.15, 0.2) is 22.8 Å². The quantitative estimate of drug-likeness (QED) is 0.418. The number of hydrogen-bond donors (Lipinski definition) is 0. The van der Waals surface area contributed by atoms with E-state index in [1.54, 1.807) is 11.1 Å². The van der Waals surface area contributed by atoms with E-state index in [1.807, 2.05) is 0 Å². The third-order valence-corrected chi connectivity index (χ3v) is 11.4. The number of hydrogen-bond acceptors (Lipinski definition) is 2. The standard InChI is InChI=1S/C30H46O2/c1-19(2)9-11-24(31)20(3)21-13-17-30(8)23-10-12-25-27(4,5)26(32)15-16-28(25,6)22(23)14-18-29(21,30)7/h9,20-21,25H,10-18H2,1-8H3/t20-,21+,25+,28+,29+,30-/m0/s1. The Labute approximate surface area is 196 Å². The van der Waals surface area contributed by atoms with Crippen molar-refractivity contribution in [3.8, 4) is 0 Å². The van der Waals surface area contributed by atoms with Gasteiger partial charge in [-0.05, 0) is 86.9 Å². The van der Waals surface area contributed by atoms with Gasteiger partial charge in [-0.25, -0.2) is 0 Å². The summed E-state index contributed by atoms with van der Waals surface area (Å²) in [6.07, 6.45) is 11.5. The first-order chi connectivity index (χ1) is 14.8. The normalized spacial score (nSPS) is 41.4. The third kappa shape index (κ3) is 3.17. The van der Waals surface area contributed by atoms with Crippen molar-refractivity contribution in [3.05, 3.63) is 22.8 Å². The molecule has 0 spiro atoms. The second kappa shape index (κ2) is 7.67. The van der Waals surface area contributed by atoms with E-state index in [4.69, 9.17) is 0 Å². The van der Waals surface area contributed by atoms with Crippen LogP contribution in [0.2, 0.25) is 0 Å². The second-order valence-corrected chi connectivity index (χ2v) is 13.2. The Morgan fingerprint density at radius 1 is 0.969 bits per heavy atom. The average Bonchev–Trinajstić information content (AvgIpc) is 3.00. The number of fused-ring (bicyclic) bond motifs is 4. The summed E-state index contributed by atoms with van der Waals surface area (Å²) in [5.41, 5.74) is 5.08. The predicted molar refractivity (Wildman–Crippen MR) is 132 cm³/mol. The maximum Gasteiger partial charge on any atom is 0.139 e. The molecule has 0 bridgehead atoms. The van der Waals surface area contributed by atoms with Crippen LogP contribution >= 0.6 is 0 Å². The fourth-order valence-corrected chi connectivity index (χ4v) is 9.05. The molecule has 4 aliphatic carbocycles. The van der Waals surface area contributed by atoms with E-state index in [0.29, 0.717) is 29.8 Å². The summed E-state index contributed by atoms with van der Waals surface area (Å²) < 4.78 is 0. The molecule has 0 saturated heterocycles. The molecule has 4 rings (SSSR count). The summed E-state index contributed by atoms with van der Waals surface area (Å²) in [5.74, 6) is 1.99. The van der Waals surface area contributed by atoms with Crippen molar-refractivity contribution < 1.29 is 9.59 Å². The average molecular weight is 439 g/mol. The fourth-order valence-electron chi connectivity index (χ4n) is 9.05. The first-order valence-corrected chi connectivity index (χ1v) is 13.2. The summed E-state index contributed by atoms with van der Waals surface area (Å²) >= 11 is 0. The van der Waals surface area contributed by atoms with Crippen molar-refractivity contribution in [1.82, 2.24) is 0 Å². The van der Waals surface area contributed by atoms with Crippen LogP contribution in [0.25, 0.3) is 0 Å². The number of ketones is 2. The van der Waals surface area contributed by atoms with Gasteiger partial charge in [-0.15, -0.1) is 0 Å². The Morgan fingerprint density at radius 2 is 1.66 bits per heavy atom. The van der Waals surface area contributed by atoms with Gasteiger partial charge < -0.3 is 0 Å². The minimum absolute atomic E-state index is 0.137. The number of rotatable bonds is 4. The minimum atomic E-state index is -0.197. The zero-order chi connectivity index (χ0) is 23.7. The molecule has 0 aromatic carbocycles. The highest BCUT2D eigenvalue weighted by atomic mass is 16.1. The van der Waals surface area contributed by atoms with Crippen LogP contribution in [-0.2, 0) is 9.59 Å². The van der Waals surface area contributed by atoms with Crippen LogP contribution in [0.5, 0.6) is 0 Å². The lowest BCUT2D eigenvalue weighted by Crippen LogP contribution is -2.54. The first kappa shape index (κ1) is 24.0. The van der Waals surface area contributed by atoms with Gasteiger partial charge in [-0.1, -0.05) is 64.3 Å². The highest BCUT2D eigenvalue weighted by Crippen LogP contribution is 2.72. The molecular weight excluding hydrogens is 392 g/mol. The van der Waals surface area contributed by atoms with Crippen molar-refractivity contribution >= 4 is 11.6 Å². The van der Waals surface area contributed by atoms with Gasteiger partial charge in [-0.3, -0.25) is 9.59 Å². The number of Topliss-reactive ketones (excluding diaryl/α,β-unsaturated/α-hetero) is 2. The summed E-state index contributed by atoms with van der Waals surface area (Å²) in [6, 6.07) is 0. The minimum Gasteiger partial charge on any atom is -0.299 e. The summed E-state index contributed by atoms with van der Waals surface area (Å²) in [5, 5.41) is 0. The molecule has 0 heterocycles. The van der Waals surface area contributed by atoms with Gasteiger partial charge in [-0.2, -0.15) is 0 Å². The number of carbonyl (C=O) groups excluding carboxylic acids is 2. The Kier molecular flexibility index (Phi) is 5.74. The zero-order valence-corrected chi connectivity index (χ0v) is 22.0. The molecule has 2 nitrogen and oxygen atoms in total. The van der Waals surface area contributed by atoms with Gasteiger partial charge >= 0.3 is 0 Å². The largest absolute Gasteiger partial charge is 0.299 e. The molecule has 0 unspecified atom stereocenters. The van der Waals surface area contributed by atoms with E-state index < -0.39 is 0 Å². The maximum absolute atomic E-state index is 13.1.